The quantitative estimate of drug-likeness (QED) is 0.383. The van der Waals surface area contributed by atoms with E-state index in [1.807, 2.05) is 0 Å². The Kier molecular flexibility index (Phi) is 3.79. The molecule has 0 saturated carbocycles. The standard InChI is InChI=1S/C6H10N2O2/c1-2-3-8-6(10)4-5(7)9/h2-4,8,10H,1H3,(H2,7,9)/b3-2+,6-4-. The number of rotatable bonds is 3. The van der Waals surface area contributed by atoms with Crippen molar-refractivity contribution in [3.8, 4) is 0 Å². The van der Waals surface area contributed by atoms with Gasteiger partial charge in [0, 0.05) is 0 Å². The molecule has 0 fully saturated rings. The highest BCUT2D eigenvalue weighted by Crippen LogP contribution is 1.79. The van der Waals surface area contributed by atoms with Crippen LogP contribution in [0.3, 0.4) is 0 Å². The Hall–Kier alpha value is -1.45. The minimum absolute atomic E-state index is 0.259. The predicted molar refractivity (Wildman–Crippen MR) is 37.9 cm³/mol. The van der Waals surface area contributed by atoms with Crippen LogP contribution in [-0.4, -0.2) is 11.0 Å². The summed E-state index contributed by atoms with van der Waals surface area (Å²) in [5.74, 6) is -0.944. The van der Waals surface area contributed by atoms with Crippen LogP contribution in [0.25, 0.3) is 0 Å². The number of nitrogens with two attached hydrogens (primary N) is 1. The first-order chi connectivity index (χ1) is 4.66. The fourth-order valence-corrected chi connectivity index (χ4v) is 0.345. The average Bonchev–Trinajstić information content (AvgIpc) is 1.82. The Bertz CT molecular complexity index is 173. The van der Waals surface area contributed by atoms with Gasteiger partial charge in [-0.2, -0.15) is 0 Å². The van der Waals surface area contributed by atoms with Gasteiger partial charge < -0.3 is 16.2 Å². The Labute approximate surface area is 59.0 Å². The number of carbonyl (C=O) groups is 1. The monoisotopic (exact) mass is 142 g/mol. The summed E-state index contributed by atoms with van der Waals surface area (Å²) in [7, 11) is 0. The second-order valence-corrected chi connectivity index (χ2v) is 1.58. The molecular weight excluding hydrogens is 132 g/mol. The van der Waals surface area contributed by atoms with E-state index in [-0.39, 0.29) is 5.88 Å². The molecule has 1 amide bonds. The number of amides is 1. The lowest BCUT2D eigenvalue weighted by molar-refractivity contribution is -0.113. The van der Waals surface area contributed by atoms with E-state index >= 15 is 0 Å². The summed E-state index contributed by atoms with van der Waals surface area (Å²) in [6, 6.07) is 0. The second kappa shape index (κ2) is 4.43. The van der Waals surface area contributed by atoms with Gasteiger partial charge in [0.25, 0.3) is 0 Å². The van der Waals surface area contributed by atoms with Gasteiger partial charge in [0.2, 0.25) is 5.91 Å². The van der Waals surface area contributed by atoms with Crippen molar-refractivity contribution in [1.82, 2.24) is 5.32 Å². The molecule has 0 rings (SSSR count). The summed E-state index contributed by atoms with van der Waals surface area (Å²) in [6.07, 6.45) is 4.04. The highest BCUT2D eigenvalue weighted by molar-refractivity contribution is 5.86. The largest absolute Gasteiger partial charge is 0.494 e. The summed E-state index contributed by atoms with van der Waals surface area (Å²) in [5.41, 5.74) is 4.73. The molecule has 0 bridgehead atoms. The fourth-order valence-electron chi connectivity index (χ4n) is 0.345. The zero-order valence-corrected chi connectivity index (χ0v) is 5.66. The number of allylic oxidation sites excluding steroid dienone is 1. The van der Waals surface area contributed by atoms with Gasteiger partial charge in [0.05, 0.1) is 6.08 Å². The third kappa shape index (κ3) is 4.70. The van der Waals surface area contributed by atoms with E-state index in [1.54, 1.807) is 13.0 Å². The summed E-state index contributed by atoms with van der Waals surface area (Å²) in [6.45, 7) is 1.77. The Morgan fingerprint density at radius 2 is 2.30 bits per heavy atom. The number of aliphatic hydroxyl groups excluding tert-OH is 1. The summed E-state index contributed by atoms with van der Waals surface area (Å²) >= 11 is 0. The van der Waals surface area contributed by atoms with Gasteiger partial charge in [-0.1, -0.05) is 6.08 Å². The molecule has 0 radical (unpaired) electrons. The van der Waals surface area contributed by atoms with Gasteiger partial charge in [0.1, 0.15) is 0 Å². The maximum atomic E-state index is 10.1. The van der Waals surface area contributed by atoms with E-state index in [1.165, 1.54) is 6.20 Å². The molecule has 0 unspecified atom stereocenters. The van der Waals surface area contributed by atoms with Crippen molar-refractivity contribution < 1.29 is 9.90 Å². The normalized spacial score (nSPS) is 11.9. The topological polar surface area (TPSA) is 75.3 Å². The van der Waals surface area contributed by atoms with Crippen LogP contribution in [0.2, 0.25) is 0 Å². The van der Waals surface area contributed by atoms with Gasteiger partial charge in [0.15, 0.2) is 5.88 Å². The minimum Gasteiger partial charge on any atom is -0.494 e. The highest BCUT2D eigenvalue weighted by atomic mass is 16.3. The molecular formula is C6H10N2O2. The van der Waals surface area contributed by atoms with E-state index in [9.17, 15) is 4.79 Å². The zero-order chi connectivity index (χ0) is 7.98. The van der Waals surface area contributed by atoms with Crippen LogP contribution >= 0.6 is 0 Å². The Morgan fingerprint density at radius 1 is 1.70 bits per heavy atom. The first-order valence-corrected chi connectivity index (χ1v) is 2.74. The Balaban J connectivity index is 3.82. The van der Waals surface area contributed by atoms with Crippen LogP contribution in [0.4, 0.5) is 0 Å². The van der Waals surface area contributed by atoms with Crippen molar-refractivity contribution in [3.63, 3.8) is 0 Å². The highest BCUT2D eigenvalue weighted by Gasteiger charge is 1.89. The molecule has 56 valence electrons. The summed E-state index contributed by atoms with van der Waals surface area (Å²) < 4.78 is 0. The second-order valence-electron chi connectivity index (χ2n) is 1.58. The zero-order valence-electron chi connectivity index (χ0n) is 5.66. The van der Waals surface area contributed by atoms with E-state index in [2.05, 4.69) is 5.32 Å². The van der Waals surface area contributed by atoms with Crippen molar-refractivity contribution >= 4 is 5.91 Å². The van der Waals surface area contributed by atoms with Crippen molar-refractivity contribution in [2.24, 2.45) is 5.73 Å². The van der Waals surface area contributed by atoms with Crippen LogP contribution in [-0.2, 0) is 4.79 Å². The molecule has 0 aromatic rings. The lowest BCUT2D eigenvalue weighted by Crippen LogP contribution is -2.12. The number of aliphatic hydroxyl groups is 1. The molecule has 0 saturated heterocycles. The molecule has 0 aromatic carbocycles. The average molecular weight is 142 g/mol. The molecule has 0 aliphatic heterocycles. The molecule has 4 nitrogen and oxygen atoms in total. The van der Waals surface area contributed by atoms with E-state index < -0.39 is 5.91 Å². The molecule has 4 N–H and O–H groups in total. The predicted octanol–water partition coefficient (Wildman–Crippen LogP) is -0.00570. The van der Waals surface area contributed by atoms with Crippen molar-refractivity contribution in [2.45, 2.75) is 6.92 Å². The Morgan fingerprint density at radius 3 is 2.70 bits per heavy atom. The maximum Gasteiger partial charge on any atom is 0.246 e. The first-order valence-electron chi connectivity index (χ1n) is 2.74. The number of hydrogen-bond donors (Lipinski definition) is 3. The van der Waals surface area contributed by atoms with Crippen molar-refractivity contribution in [1.29, 1.82) is 0 Å². The van der Waals surface area contributed by atoms with Gasteiger partial charge >= 0.3 is 0 Å². The SMILES string of the molecule is C/C=C/N/C(O)=C/C(N)=O. The molecule has 0 aromatic heterocycles. The van der Waals surface area contributed by atoms with E-state index in [4.69, 9.17) is 10.8 Å². The molecule has 0 atom stereocenters. The third-order valence-electron chi connectivity index (χ3n) is 0.677. The molecule has 10 heavy (non-hydrogen) atoms. The maximum absolute atomic E-state index is 10.1. The lowest BCUT2D eigenvalue weighted by Gasteiger charge is -1.94. The molecule has 4 heteroatoms. The third-order valence-corrected chi connectivity index (χ3v) is 0.677. The number of nitrogens with one attached hydrogen (secondary N) is 1. The first kappa shape index (κ1) is 8.55. The molecule has 0 aliphatic carbocycles. The van der Waals surface area contributed by atoms with Crippen LogP contribution in [0.15, 0.2) is 24.2 Å². The van der Waals surface area contributed by atoms with Crippen LogP contribution < -0.4 is 11.1 Å². The molecule has 0 spiro atoms. The number of carbonyl (C=O) groups excluding carboxylic acids is 1. The number of primary amides is 1. The molecule has 0 heterocycles. The van der Waals surface area contributed by atoms with Gasteiger partial charge in [-0.15, -0.1) is 0 Å². The fraction of sp³-hybridized carbons (Fsp3) is 0.167. The smallest absolute Gasteiger partial charge is 0.246 e. The van der Waals surface area contributed by atoms with Crippen LogP contribution in [0.5, 0.6) is 0 Å². The van der Waals surface area contributed by atoms with Crippen LogP contribution in [0.1, 0.15) is 6.92 Å². The van der Waals surface area contributed by atoms with Gasteiger partial charge in [-0.05, 0) is 13.1 Å². The van der Waals surface area contributed by atoms with Crippen molar-refractivity contribution in [3.05, 3.63) is 24.2 Å². The van der Waals surface area contributed by atoms with Gasteiger partial charge in [-0.3, -0.25) is 4.79 Å². The van der Waals surface area contributed by atoms with Gasteiger partial charge in [-0.25, -0.2) is 0 Å². The van der Waals surface area contributed by atoms with Crippen LogP contribution in [0, 0.1) is 0 Å². The van der Waals surface area contributed by atoms with E-state index in [0.717, 1.165) is 6.08 Å². The minimum atomic E-state index is -0.686. The summed E-state index contributed by atoms with van der Waals surface area (Å²) in [5, 5.41) is 11.1. The molecule has 0 aliphatic rings. The number of hydrogen-bond acceptors (Lipinski definition) is 3. The lowest BCUT2D eigenvalue weighted by atomic mass is 10.5. The van der Waals surface area contributed by atoms with E-state index in [0.29, 0.717) is 0 Å². The van der Waals surface area contributed by atoms with Crippen molar-refractivity contribution in [2.75, 3.05) is 0 Å². The summed E-state index contributed by atoms with van der Waals surface area (Å²) in [4.78, 5) is 10.1.